The van der Waals surface area contributed by atoms with Crippen molar-refractivity contribution in [3.05, 3.63) is 35.4 Å². The first-order valence-electron chi connectivity index (χ1n) is 6.65. The lowest BCUT2D eigenvalue weighted by molar-refractivity contribution is -0.147. The van der Waals surface area contributed by atoms with E-state index in [1.54, 1.807) is 26.0 Å². The Labute approximate surface area is 119 Å². The van der Waals surface area contributed by atoms with Crippen molar-refractivity contribution in [3.8, 4) is 6.07 Å². The van der Waals surface area contributed by atoms with E-state index in [1.807, 2.05) is 25.1 Å². The predicted molar refractivity (Wildman–Crippen MR) is 75.0 cm³/mol. The van der Waals surface area contributed by atoms with E-state index < -0.39 is 11.9 Å². The average molecular weight is 273 g/mol. The Hall–Kier alpha value is -2.15. The van der Waals surface area contributed by atoms with E-state index in [0.29, 0.717) is 5.56 Å². The first-order valence-corrected chi connectivity index (χ1v) is 6.65. The zero-order valence-electron chi connectivity index (χ0n) is 12.1. The molecule has 4 heteroatoms. The summed E-state index contributed by atoms with van der Waals surface area (Å²) in [5.74, 6) is -2.13. The minimum Gasteiger partial charge on any atom is -0.465 e. The number of benzene rings is 1. The van der Waals surface area contributed by atoms with Crippen LogP contribution in [-0.4, -0.2) is 18.4 Å². The summed E-state index contributed by atoms with van der Waals surface area (Å²) in [6, 6.07) is 9.04. The van der Waals surface area contributed by atoms with Crippen LogP contribution in [0.5, 0.6) is 0 Å². The maximum absolute atomic E-state index is 12.5. The van der Waals surface area contributed by atoms with Crippen LogP contribution in [-0.2, 0) is 9.53 Å². The van der Waals surface area contributed by atoms with Crippen LogP contribution < -0.4 is 0 Å². The summed E-state index contributed by atoms with van der Waals surface area (Å²) in [6.07, 6.45) is 0.140. The van der Waals surface area contributed by atoms with Crippen molar-refractivity contribution < 1.29 is 14.3 Å². The number of nitriles is 1. The van der Waals surface area contributed by atoms with Gasteiger partial charge in [-0.15, -0.1) is 0 Å². The highest BCUT2D eigenvalue weighted by Crippen LogP contribution is 2.22. The van der Waals surface area contributed by atoms with Gasteiger partial charge in [-0.2, -0.15) is 5.26 Å². The highest BCUT2D eigenvalue weighted by atomic mass is 16.5. The number of ketones is 1. The van der Waals surface area contributed by atoms with Crippen molar-refractivity contribution in [1.82, 2.24) is 0 Å². The smallest absolute Gasteiger partial charge is 0.317 e. The number of carbonyl (C=O) groups excluding carboxylic acids is 2. The van der Waals surface area contributed by atoms with Crippen LogP contribution in [0.1, 0.15) is 36.2 Å². The van der Waals surface area contributed by atoms with Crippen LogP contribution in [0.2, 0.25) is 0 Å². The van der Waals surface area contributed by atoms with Gasteiger partial charge in [0.15, 0.2) is 5.78 Å². The van der Waals surface area contributed by atoms with E-state index in [2.05, 4.69) is 0 Å². The molecule has 2 atom stereocenters. The molecule has 0 saturated heterocycles. The summed E-state index contributed by atoms with van der Waals surface area (Å²) in [4.78, 5) is 24.5. The first-order chi connectivity index (χ1) is 9.51. The van der Waals surface area contributed by atoms with Crippen molar-refractivity contribution in [2.45, 2.75) is 27.2 Å². The van der Waals surface area contributed by atoms with Gasteiger partial charge < -0.3 is 4.74 Å². The second-order valence-corrected chi connectivity index (χ2v) is 4.80. The van der Waals surface area contributed by atoms with E-state index in [9.17, 15) is 9.59 Å². The normalized spacial score (nSPS) is 13.1. The molecule has 0 aliphatic rings. The minimum atomic E-state index is -0.919. The molecule has 2 unspecified atom stereocenters. The largest absolute Gasteiger partial charge is 0.465 e. The Morgan fingerprint density at radius 1 is 1.30 bits per heavy atom. The Morgan fingerprint density at radius 2 is 1.90 bits per heavy atom. The summed E-state index contributed by atoms with van der Waals surface area (Å²) in [6.45, 7) is 5.56. The van der Waals surface area contributed by atoms with Gasteiger partial charge in [-0.1, -0.05) is 36.8 Å². The number of esters is 1. The summed E-state index contributed by atoms with van der Waals surface area (Å²) in [7, 11) is 0. The predicted octanol–water partition coefficient (Wildman–Crippen LogP) is 2.91. The molecule has 4 nitrogen and oxygen atoms in total. The third kappa shape index (κ3) is 3.92. The number of carbonyl (C=O) groups is 2. The molecule has 20 heavy (non-hydrogen) atoms. The van der Waals surface area contributed by atoms with Crippen LogP contribution >= 0.6 is 0 Å². The molecule has 0 aliphatic heterocycles. The molecule has 0 N–H and O–H groups in total. The molecule has 0 bridgehead atoms. The number of hydrogen-bond acceptors (Lipinski definition) is 4. The van der Waals surface area contributed by atoms with Crippen molar-refractivity contribution in [3.63, 3.8) is 0 Å². The number of aryl methyl sites for hydroxylation is 1. The molecule has 0 aliphatic carbocycles. The SMILES string of the molecule is CCOC(=O)C(C(=O)c1ccc(C)cc1)C(C)CC#N. The van der Waals surface area contributed by atoms with E-state index in [-0.39, 0.29) is 24.7 Å². The molecule has 0 aromatic heterocycles. The fraction of sp³-hybridized carbons (Fsp3) is 0.438. The van der Waals surface area contributed by atoms with Gasteiger partial charge in [0, 0.05) is 12.0 Å². The van der Waals surface area contributed by atoms with Crippen LogP contribution in [0.15, 0.2) is 24.3 Å². The van der Waals surface area contributed by atoms with Gasteiger partial charge in [-0.25, -0.2) is 0 Å². The molecule has 0 amide bonds. The van der Waals surface area contributed by atoms with E-state index in [0.717, 1.165) is 5.56 Å². The molecule has 0 saturated carbocycles. The first kappa shape index (κ1) is 15.9. The number of Topliss-reactive ketones (excluding diaryl/α,β-unsaturated/α-hetero) is 1. The zero-order chi connectivity index (χ0) is 15.1. The standard InChI is InChI=1S/C16H19NO3/c1-4-20-16(19)14(12(3)9-10-17)15(18)13-7-5-11(2)6-8-13/h5-8,12,14H,4,9H2,1-3H3. The van der Waals surface area contributed by atoms with Crippen molar-refractivity contribution >= 4 is 11.8 Å². The summed E-state index contributed by atoms with van der Waals surface area (Å²) in [5.41, 5.74) is 1.51. The van der Waals surface area contributed by atoms with Crippen LogP contribution in [0.4, 0.5) is 0 Å². The maximum atomic E-state index is 12.5. The molecular formula is C16H19NO3. The second kappa shape index (κ2) is 7.44. The van der Waals surface area contributed by atoms with Gasteiger partial charge in [-0.05, 0) is 19.8 Å². The quantitative estimate of drug-likeness (QED) is 0.454. The van der Waals surface area contributed by atoms with Gasteiger partial charge in [0.1, 0.15) is 5.92 Å². The number of ether oxygens (including phenoxy) is 1. The third-order valence-corrected chi connectivity index (χ3v) is 3.14. The number of rotatable bonds is 6. The molecule has 0 radical (unpaired) electrons. The molecule has 1 aromatic carbocycles. The van der Waals surface area contributed by atoms with E-state index in [1.165, 1.54) is 0 Å². The molecule has 0 fully saturated rings. The molecule has 0 spiro atoms. The van der Waals surface area contributed by atoms with Crippen LogP contribution in [0.25, 0.3) is 0 Å². The fourth-order valence-electron chi connectivity index (χ4n) is 1.99. The van der Waals surface area contributed by atoms with Crippen LogP contribution in [0, 0.1) is 30.1 Å². The molecule has 1 aromatic rings. The molecule has 106 valence electrons. The van der Waals surface area contributed by atoms with Gasteiger partial charge >= 0.3 is 5.97 Å². The fourth-order valence-corrected chi connectivity index (χ4v) is 1.99. The minimum absolute atomic E-state index is 0.140. The zero-order valence-corrected chi connectivity index (χ0v) is 12.1. The lowest BCUT2D eigenvalue weighted by atomic mass is 9.85. The Morgan fingerprint density at radius 3 is 2.40 bits per heavy atom. The molecule has 1 rings (SSSR count). The maximum Gasteiger partial charge on any atom is 0.317 e. The summed E-state index contributed by atoms with van der Waals surface area (Å²) in [5, 5.41) is 8.77. The number of hydrogen-bond donors (Lipinski definition) is 0. The van der Waals surface area contributed by atoms with E-state index >= 15 is 0 Å². The van der Waals surface area contributed by atoms with E-state index in [4.69, 9.17) is 10.00 Å². The average Bonchev–Trinajstić information content (AvgIpc) is 2.40. The highest BCUT2D eigenvalue weighted by Gasteiger charge is 2.33. The molecule has 0 heterocycles. The number of nitrogens with zero attached hydrogens (tertiary/aromatic N) is 1. The lowest BCUT2D eigenvalue weighted by Gasteiger charge is -2.19. The molecular weight excluding hydrogens is 254 g/mol. The summed E-state index contributed by atoms with van der Waals surface area (Å²) < 4.78 is 4.97. The third-order valence-electron chi connectivity index (χ3n) is 3.14. The monoisotopic (exact) mass is 273 g/mol. The van der Waals surface area contributed by atoms with Crippen molar-refractivity contribution in [1.29, 1.82) is 5.26 Å². The highest BCUT2D eigenvalue weighted by molar-refractivity contribution is 6.08. The van der Waals surface area contributed by atoms with Gasteiger partial charge in [-0.3, -0.25) is 9.59 Å². The Bertz CT molecular complexity index is 514. The van der Waals surface area contributed by atoms with Gasteiger partial charge in [0.05, 0.1) is 12.7 Å². The van der Waals surface area contributed by atoms with Crippen molar-refractivity contribution in [2.24, 2.45) is 11.8 Å². The van der Waals surface area contributed by atoms with Crippen LogP contribution in [0.3, 0.4) is 0 Å². The van der Waals surface area contributed by atoms with Crippen molar-refractivity contribution in [2.75, 3.05) is 6.61 Å². The topological polar surface area (TPSA) is 67.2 Å². The lowest BCUT2D eigenvalue weighted by Crippen LogP contribution is -2.32. The van der Waals surface area contributed by atoms with Gasteiger partial charge in [0.25, 0.3) is 0 Å². The summed E-state index contributed by atoms with van der Waals surface area (Å²) >= 11 is 0. The Balaban J connectivity index is 3.03. The Kier molecular flexibility index (Phi) is 5.92. The van der Waals surface area contributed by atoms with Gasteiger partial charge in [0.2, 0.25) is 0 Å². The second-order valence-electron chi connectivity index (χ2n) is 4.80.